The quantitative estimate of drug-likeness (QED) is 0.759. The molecular weight excluding hydrogens is 262 g/mol. The van der Waals surface area contributed by atoms with Gasteiger partial charge in [0, 0.05) is 30.8 Å². The molecule has 0 atom stereocenters. The summed E-state index contributed by atoms with van der Waals surface area (Å²) in [6.45, 7) is 6.39. The molecule has 0 fully saturated rings. The molecule has 4 nitrogen and oxygen atoms in total. The Morgan fingerprint density at radius 1 is 1.19 bits per heavy atom. The first-order valence-electron chi connectivity index (χ1n) is 7.74. The Labute approximate surface area is 126 Å². The van der Waals surface area contributed by atoms with Gasteiger partial charge in [-0.1, -0.05) is 32.0 Å². The zero-order chi connectivity index (χ0) is 15.1. The van der Waals surface area contributed by atoms with Crippen LogP contribution in [0.1, 0.15) is 37.2 Å². The van der Waals surface area contributed by atoms with E-state index >= 15 is 0 Å². The van der Waals surface area contributed by atoms with Crippen LogP contribution in [0.2, 0.25) is 0 Å². The van der Waals surface area contributed by atoms with Crippen LogP contribution in [0.4, 0.5) is 0 Å². The maximum absolute atomic E-state index is 5.84. The maximum Gasteiger partial charge on any atom is 0.123 e. The number of hydrogen-bond donors (Lipinski definition) is 1. The molecule has 1 aromatic carbocycles. The number of aryl methyl sites for hydroxylation is 3. The Hall–Kier alpha value is -1.81. The summed E-state index contributed by atoms with van der Waals surface area (Å²) in [5, 5.41) is 4.62. The molecule has 0 bridgehead atoms. The number of rotatable bonds is 8. The molecule has 0 saturated carbocycles. The molecule has 0 aliphatic heterocycles. The summed E-state index contributed by atoms with van der Waals surface area (Å²) < 4.78 is 7.94. The molecule has 2 rings (SSSR count). The van der Waals surface area contributed by atoms with Crippen molar-refractivity contribution in [1.82, 2.24) is 9.78 Å². The number of ether oxygens (including phenoxy) is 1. The number of nitrogens with two attached hydrogens (primary N) is 1. The molecule has 0 spiro atoms. The number of benzene rings is 1. The first-order chi connectivity index (χ1) is 10.3. The van der Waals surface area contributed by atoms with Gasteiger partial charge in [0.1, 0.15) is 5.75 Å². The summed E-state index contributed by atoms with van der Waals surface area (Å²) in [6, 6.07) is 10.1. The summed E-state index contributed by atoms with van der Waals surface area (Å²) in [4.78, 5) is 0. The second-order valence-corrected chi connectivity index (χ2v) is 5.07. The molecule has 1 aromatic heterocycles. The van der Waals surface area contributed by atoms with Crippen molar-refractivity contribution in [3.8, 4) is 5.75 Å². The monoisotopic (exact) mass is 287 g/mol. The third kappa shape index (κ3) is 4.08. The average molecular weight is 287 g/mol. The van der Waals surface area contributed by atoms with Gasteiger partial charge in [-0.2, -0.15) is 5.10 Å². The van der Waals surface area contributed by atoms with Crippen LogP contribution >= 0.6 is 0 Å². The van der Waals surface area contributed by atoms with E-state index < -0.39 is 0 Å². The highest BCUT2D eigenvalue weighted by molar-refractivity contribution is 5.32. The predicted molar refractivity (Wildman–Crippen MR) is 85.4 cm³/mol. The smallest absolute Gasteiger partial charge is 0.123 e. The van der Waals surface area contributed by atoms with Crippen molar-refractivity contribution in [1.29, 1.82) is 0 Å². The minimum absolute atomic E-state index is 0.509. The van der Waals surface area contributed by atoms with Crippen LogP contribution in [0.25, 0.3) is 0 Å². The Balaban J connectivity index is 1.86. The Morgan fingerprint density at radius 3 is 2.71 bits per heavy atom. The predicted octanol–water partition coefficient (Wildman–Crippen LogP) is 2.94. The molecule has 21 heavy (non-hydrogen) atoms. The number of para-hydroxylation sites is 1. The SMILES string of the molecule is CCc1cc(CC)n(CCCOc2ccccc2CN)n1. The van der Waals surface area contributed by atoms with E-state index in [-0.39, 0.29) is 0 Å². The van der Waals surface area contributed by atoms with Crippen molar-refractivity contribution in [3.05, 3.63) is 47.3 Å². The third-order valence-electron chi connectivity index (χ3n) is 3.60. The van der Waals surface area contributed by atoms with Crippen molar-refractivity contribution >= 4 is 0 Å². The van der Waals surface area contributed by atoms with Crippen LogP contribution in [0.15, 0.2) is 30.3 Å². The molecule has 114 valence electrons. The highest BCUT2D eigenvalue weighted by atomic mass is 16.5. The van der Waals surface area contributed by atoms with Crippen molar-refractivity contribution < 1.29 is 4.74 Å². The van der Waals surface area contributed by atoms with Crippen LogP contribution in [0, 0.1) is 0 Å². The van der Waals surface area contributed by atoms with E-state index in [0.29, 0.717) is 13.2 Å². The Bertz CT molecular complexity index is 563. The normalized spacial score (nSPS) is 10.8. The fraction of sp³-hybridized carbons (Fsp3) is 0.471. The number of aromatic nitrogens is 2. The Kier molecular flexibility index (Phi) is 5.81. The molecule has 0 aliphatic carbocycles. The second-order valence-electron chi connectivity index (χ2n) is 5.07. The molecule has 0 radical (unpaired) electrons. The fourth-order valence-corrected chi connectivity index (χ4v) is 2.38. The molecule has 0 saturated heterocycles. The van der Waals surface area contributed by atoms with Crippen LogP contribution in [-0.2, 0) is 25.9 Å². The first-order valence-corrected chi connectivity index (χ1v) is 7.74. The number of nitrogens with zero attached hydrogens (tertiary/aromatic N) is 2. The minimum Gasteiger partial charge on any atom is -0.493 e. The van der Waals surface area contributed by atoms with Crippen molar-refractivity contribution in [2.45, 2.75) is 46.2 Å². The number of hydrogen-bond acceptors (Lipinski definition) is 3. The second kappa shape index (κ2) is 7.84. The summed E-state index contributed by atoms with van der Waals surface area (Å²) in [5.74, 6) is 0.894. The van der Waals surface area contributed by atoms with E-state index in [9.17, 15) is 0 Å². The lowest BCUT2D eigenvalue weighted by Gasteiger charge is -2.11. The standard InChI is InChI=1S/C17H25N3O/c1-3-15-12-16(4-2)20(19-15)10-7-11-21-17-9-6-5-8-14(17)13-18/h5-6,8-9,12H,3-4,7,10-11,13,18H2,1-2H3. The van der Waals surface area contributed by atoms with Gasteiger partial charge in [-0.15, -0.1) is 0 Å². The van der Waals surface area contributed by atoms with Crippen molar-refractivity contribution in [2.75, 3.05) is 6.61 Å². The van der Waals surface area contributed by atoms with Gasteiger partial charge in [0.05, 0.1) is 12.3 Å². The summed E-state index contributed by atoms with van der Waals surface area (Å²) in [5.41, 5.74) is 9.23. The first kappa shape index (κ1) is 15.6. The van der Waals surface area contributed by atoms with Crippen LogP contribution in [-0.4, -0.2) is 16.4 Å². The van der Waals surface area contributed by atoms with Crippen molar-refractivity contribution in [3.63, 3.8) is 0 Å². The molecular formula is C17H25N3O. The third-order valence-corrected chi connectivity index (χ3v) is 3.60. The molecule has 0 unspecified atom stereocenters. The zero-order valence-corrected chi connectivity index (χ0v) is 13.0. The Morgan fingerprint density at radius 2 is 2.00 bits per heavy atom. The highest BCUT2D eigenvalue weighted by Crippen LogP contribution is 2.17. The minimum atomic E-state index is 0.509. The van der Waals surface area contributed by atoms with E-state index in [1.54, 1.807) is 0 Å². The van der Waals surface area contributed by atoms with Gasteiger partial charge in [0.2, 0.25) is 0 Å². The van der Waals surface area contributed by atoms with Crippen LogP contribution in [0.5, 0.6) is 5.75 Å². The lowest BCUT2D eigenvalue weighted by molar-refractivity contribution is 0.295. The topological polar surface area (TPSA) is 53.1 Å². The molecule has 0 amide bonds. The van der Waals surface area contributed by atoms with Gasteiger partial charge in [-0.25, -0.2) is 0 Å². The lowest BCUT2D eigenvalue weighted by Crippen LogP contribution is -2.09. The molecule has 2 aromatic rings. The van der Waals surface area contributed by atoms with Gasteiger partial charge in [0.25, 0.3) is 0 Å². The van der Waals surface area contributed by atoms with Gasteiger partial charge in [0.15, 0.2) is 0 Å². The summed E-state index contributed by atoms with van der Waals surface area (Å²) in [7, 11) is 0. The van der Waals surface area contributed by atoms with E-state index in [0.717, 1.165) is 37.1 Å². The lowest BCUT2D eigenvalue weighted by atomic mass is 10.2. The fourth-order valence-electron chi connectivity index (χ4n) is 2.38. The maximum atomic E-state index is 5.84. The van der Waals surface area contributed by atoms with Gasteiger partial charge in [-0.3, -0.25) is 4.68 Å². The summed E-state index contributed by atoms with van der Waals surface area (Å²) >= 11 is 0. The molecule has 1 heterocycles. The van der Waals surface area contributed by atoms with Crippen molar-refractivity contribution in [2.24, 2.45) is 5.73 Å². The van der Waals surface area contributed by atoms with E-state index in [4.69, 9.17) is 10.5 Å². The zero-order valence-electron chi connectivity index (χ0n) is 13.0. The highest BCUT2D eigenvalue weighted by Gasteiger charge is 2.05. The summed E-state index contributed by atoms with van der Waals surface area (Å²) in [6.07, 6.45) is 2.95. The average Bonchev–Trinajstić information content (AvgIpc) is 2.94. The molecule has 2 N–H and O–H groups in total. The van der Waals surface area contributed by atoms with E-state index in [1.807, 2.05) is 24.3 Å². The largest absolute Gasteiger partial charge is 0.493 e. The molecule has 0 aliphatic rings. The van der Waals surface area contributed by atoms with Gasteiger partial charge >= 0.3 is 0 Å². The van der Waals surface area contributed by atoms with E-state index in [2.05, 4.69) is 29.7 Å². The molecule has 4 heteroatoms. The van der Waals surface area contributed by atoms with Gasteiger partial charge < -0.3 is 10.5 Å². The van der Waals surface area contributed by atoms with E-state index in [1.165, 1.54) is 11.4 Å². The van der Waals surface area contributed by atoms with Crippen LogP contribution < -0.4 is 10.5 Å². The van der Waals surface area contributed by atoms with Gasteiger partial charge in [-0.05, 0) is 25.0 Å². The van der Waals surface area contributed by atoms with Crippen LogP contribution in [0.3, 0.4) is 0 Å².